The van der Waals surface area contributed by atoms with E-state index in [0.717, 1.165) is 21.2 Å². The van der Waals surface area contributed by atoms with Crippen molar-refractivity contribution in [1.82, 2.24) is 15.5 Å². The molecule has 1 aromatic heterocycles. The minimum absolute atomic E-state index is 0.0708. The summed E-state index contributed by atoms with van der Waals surface area (Å²) in [7, 11) is 0. The SMILES string of the molecule is Cc1ccccc1Nc1nnc(SCC(=O)NCc2ccccc2Cl)s1. The highest BCUT2D eigenvalue weighted by Gasteiger charge is 2.09. The first-order valence-electron chi connectivity index (χ1n) is 7.91. The van der Waals surface area contributed by atoms with Gasteiger partial charge in [-0.2, -0.15) is 0 Å². The Morgan fingerprint density at radius 1 is 1.15 bits per heavy atom. The van der Waals surface area contributed by atoms with Crippen LogP contribution in [0.15, 0.2) is 52.9 Å². The number of thioether (sulfide) groups is 1. The van der Waals surface area contributed by atoms with Crippen molar-refractivity contribution in [2.75, 3.05) is 11.1 Å². The Labute approximate surface area is 165 Å². The van der Waals surface area contributed by atoms with Crippen LogP contribution in [0.3, 0.4) is 0 Å². The van der Waals surface area contributed by atoms with E-state index in [1.807, 2.05) is 55.5 Å². The number of aryl methyl sites for hydroxylation is 1. The van der Waals surface area contributed by atoms with E-state index in [1.54, 1.807) is 0 Å². The maximum absolute atomic E-state index is 12.0. The molecule has 0 atom stereocenters. The van der Waals surface area contributed by atoms with Crippen LogP contribution in [-0.4, -0.2) is 21.9 Å². The van der Waals surface area contributed by atoms with Crippen molar-refractivity contribution in [2.24, 2.45) is 0 Å². The second-order valence-corrected chi connectivity index (χ2v) is 8.08. The molecule has 1 amide bonds. The Hall–Kier alpha value is -2.09. The molecule has 0 spiro atoms. The molecule has 0 saturated carbocycles. The molecule has 8 heteroatoms. The van der Waals surface area contributed by atoms with Crippen molar-refractivity contribution in [2.45, 2.75) is 17.8 Å². The molecule has 2 aromatic carbocycles. The second-order valence-electron chi connectivity index (χ2n) is 5.47. The van der Waals surface area contributed by atoms with E-state index in [1.165, 1.54) is 23.1 Å². The highest BCUT2D eigenvalue weighted by Crippen LogP contribution is 2.28. The summed E-state index contributed by atoms with van der Waals surface area (Å²) in [5, 5.41) is 15.7. The maximum Gasteiger partial charge on any atom is 0.230 e. The van der Waals surface area contributed by atoms with Crippen LogP contribution >= 0.6 is 34.7 Å². The molecule has 134 valence electrons. The zero-order valence-electron chi connectivity index (χ0n) is 14.0. The summed E-state index contributed by atoms with van der Waals surface area (Å²) in [6.07, 6.45) is 0. The van der Waals surface area contributed by atoms with Crippen LogP contribution in [0.4, 0.5) is 10.8 Å². The molecular formula is C18H17ClN4OS2. The summed E-state index contributed by atoms with van der Waals surface area (Å²) in [5.74, 6) is 0.210. The van der Waals surface area contributed by atoms with Crippen molar-refractivity contribution in [3.8, 4) is 0 Å². The highest BCUT2D eigenvalue weighted by molar-refractivity contribution is 8.01. The van der Waals surface area contributed by atoms with Gasteiger partial charge in [0.2, 0.25) is 11.0 Å². The Balaban J connectivity index is 1.48. The molecule has 0 saturated heterocycles. The van der Waals surface area contributed by atoms with Gasteiger partial charge in [0, 0.05) is 17.3 Å². The third kappa shape index (κ3) is 5.20. The number of nitrogens with one attached hydrogen (secondary N) is 2. The van der Waals surface area contributed by atoms with Crippen molar-refractivity contribution in [3.05, 3.63) is 64.7 Å². The molecule has 1 heterocycles. The molecule has 0 aliphatic heterocycles. The number of halogens is 1. The van der Waals surface area contributed by atoms with Gasteiger partial charge in [0.25, 0.3) is 0 Å². The number of nitrogens with zero attached hydrogens (tertiary/aromatic N) is 2. The minimum atomic E-state index is -0.0708. The van der Waals surface area contributed by atoms with Crippen molar-refractivity contribution < 1.29 is 4.79 Å². The van der Waals surface area contributed by atoms with E-state index < -0.39 is 0 Å². The van der Waals surface area contributed by atoms with E-state index in [-0.39, 0.29) is 11.7 Å². The number of hydrogen-bond acceptors (Lipinski definition) is 6. The molecule has 0 radical (unpaired) electrons. The van der Waals surface area contributed by atoms with Crippen LogP contribution in [0.2, 0.25) is 5.02 Å². The first-order chi connectivity index (χ1) is 12.6. The van der Waals surface area contributed by atoms with Gasteiger partial charge in [0.15, 0.2) is 4.34 Å². The Bertz CT molecular complexity index is 900. The second kappa shape index (κ2) is 9.02. The van der Waals surface area contributed by atoms with Crippen molar-refractivity contribution in [3.63, 3.8) is 0 Å². The Morgan fingerprint density at radius 3 is 2.73 bits per heavy atom. The number of carbonyl (C=O) groups is 1. The maximum atomic E-state index is 12.0. The van der Waals surface area contributed by atoms with E-state index in [0.29, 0.717) is 16.7 Å². The van der Waals surface area contributed by atoms with Crippen LogP contribution in [0.25, 0.3) is 0 Å². The highest BCUT2D eigenvalue weighted by atomic mass is 35.5. The summed E-state index contributed by atoms with van der Waals surface area (Å²) >= 11 is 8.87. The smallest absolute Gasteiger partial charge is 0.230 e. The first-order valence-corrected chi connectivity index (χ1v) is 10.1. The number of carbonyl (C=O) groups excluding carboxylic acids is 1. The van der Waals surface area contributed by atoms with Crippen LogP contribution in [-0.2, 0) is 11.3 Å². The summed E-state index contributed by atoms with van der Waals surface area (Å²) < 4.78 is 0.744. The normalized spacial score (nSPS) is 10.5. The number of anilines is 2. The van der Waals surface area contributed by atoms with Gasteiger partial charge in [-0.25, -0.2) is 0 Å². The summed E-state index contributed by atoms with van der Waals surface area (Å²) in [6, 6.07) is 15.4. The molecule has 26 heavy (non-hydrogen) atoms. The number of aromatic nitrogens is 2. The van der Waals surface area contributed by atoms with Gasteiger partial charge in [-0.05, 0) is 30.2 Å². The van der Waals surface area contributed by atoms with Crippen molar-refractivity contribution >= 4 is 51.4 Å². The predicted octanol–water partition coefficient (Wildman–Crippen LogP) is 4.65. The number of benzene rings is 2. The summed E-state index contributed by atoms with van der Waals surface area (Å²) in [4.78, 5) is 12.0. The zero-order valence-corrected chi connectivity index (χ0v) is 16.4. The van der Waals surface area contributed by atoms with Crippen LogP contribution in [0.5, 0.6) is 0 Å². The van der Waals surface area contributed by atoms with Gasteiger partial charge in [0.05, 0.1) is 5.75 Å². The molecule has 0 unspecified atom stereocenters. The average molecular weight is 405 g/mol. The number of para-hydroxylation sites is 1. The minimum Gasteiger partial charge on any atom is -0.351 e. The number of amides is 1. The lowest BCUT2D eigenvalue weighted by Crippen LogP contribution is -2.24. The molecule has 3 aromatic rings. The standard InChI is InChI=1S/C18H17ClN4OS2/c1-12-6-2-5-9-15(12)21-17-22-23-18(26-17)25-11-16(24)20-10-13-7-3-4-8-14(13)19/h2-9H,10-11H2,1H3,(H,20,24)(H,21,22). The third-order valence-electron chi connectivity index (χ3n) is 3.55. The van der Waals surface area contributed by atoms with Gasteiger partial charge in [-0.1, -0.05) is 71.1 Å². The van der Waals surface area contributed by atoms with Gasteiger partial charge in [-0.3, -0.25) is 4.79 Å². The largest absolute Gasteiger partial charge is 0.351 e. The fraction of sp³-hybridized carbons (Fsp3) is 0.167. The van der Waals surface area contributed by atoms with E-state index in [4.69, 9.17) is 11.6 Å². The van der Waals surface area contributed by atoms with Crippen LogP contribution < -0.4 is 10.6 Å². The van der Waals surface area contributed by atoms with Crippen molar-refractivity contribution in [1.29, 1.82) is 0 Å². The van der Waals surface area contributed by atoms with E-state index >= 15 is 0 Å². The fourth-order valence-corrected chi connectivity index (χ4v) is 3.96. The Morgan fingerprint density at radius 2 is 1.92 bits per heavy atom. The quantitative estimate of drug-likeness (QED) is 0.561. The average Bonchev–Trinajstić information content (AvgIpc) is 3.09. The molecule has 2 N–H and O–H groups in total. The van der Waals surface area contributed by atoms with E-state index in [2.05, 4.69) is 20.8 Å². The lowest BCUT2D eigenvalue weighted by Gasteiger charge is -2.06. The molecule has 0 aliphatic rings. The predicted molar refractivity (Wildman–Crippen MR) is 108 cm³/mol. The first kappa shape index (κ1) is 18.7. The molecule has 3 rings (SSSR count). The Kier molecular flexibility index (Phi) is 6.49. The third-order valence-corrected chi connectivity index (χ3v) is 5.89. The molecule has 5 nitrogen and oxygen atoms in total. The van der Waals surface area contributed by atoms with E-state index in [9.17, 15) is 4.79 Å². The van der Waals surface area contributed by atoms with Gasteiger partial charge in [-0.15, -0.1) is 10.2 Å². The van der Waals surface area contributed by atoms with Gasteiger partial charge in [0.1, 0.15) is 0 Å². The topological polar surface area (TPSA) is 66.9 Å². The summed E-state index contributed by atoms with van der Waals surface area (Å²) in [5.41, 5.74) is 3.03. The van der Waals surface area contributed by atoms with Gasteiger partial charge < -0.3 is 10.6 Å². The zero-order chi connectivity index (χ0) is 18.4. The molecule has 0 bridgehead atoms. The lowest BCUT2D eigenvalue weighted by molar-refractivity contribution is -0.118. The lowest BCUT2D eigenvalue weighted by atomic mass is 10.2. The summed E-state index contributed by atoms with van der Waals surface area (Å²) in [6.45, 7) is 2.44. The molecule has 0 fully saturated rings. The number of hydrogen-bond donors (Lipinski definition) is 2. The molecule has 0 aliphatic carbocycles. The van der Waals surface area contributed by atoms with Crippen LogP contribution in [0.1, 0.15) is 11.1 Å². The van der Waals surface area contributed by atoms with Crippen LogP contribution in [0, 0.1) is 6.92 Å². The molecular weight excluding hydrogens is 388 g/mol. The monoisotopic (exact) mass is 404 g/mol. The fourth-order valence-electron chi connectivity index (χ4n) is 2.16. The van der Waals surface area contributed by atoms with Gasteiger partial charge >= 0.3 is 0 Å². The number of rotatable bonds is 7.